The van der Waals surface area contributed by atoms with Gasteiger partial charge in [-0.05, 0) is 24.3 Å². The molecule has 0 fully saturated rings. The molecule has 1 aromatic carbocycles. The molecule has 0 unspecified atom stereocenters. The summed E-state index contributed by atoms with van der Waals surface area (Å²) < 4.78 is 24.2. The quantitative estimate of drug-likeness (QED) is 0.911. The van der Waals surface area contributed by atoms with E-state index < -0.39 is 9.84 Å². The highest BCUT2D eigenvalue weighted by Crippen LogP contribution is 2.12. The van der Waals surface area contributed by atoms with Gasteiger partial charge >= 0.3 is 0 Å². The SMILES string of the molecule is Cn1ccc(NC(=O)c2ccc(S(C)(=O)=O)cc2)n1. The number of carbonyl (C=O) groups is 1. The van der Waals surface area contributed by atoms with Crippen molar-refractivity contribution in [2.75, 3.05) is 11.6 Å². The monoisotopic (exact) mass is 279 g/mol. The first-order valence-corrected chi connectivity index (χ1v) is 7.36. The van der Waals surface area contributed by atoms with Crippen LogP contribution in [-0.2, 0) is 16.9 Å². The summed E-state index contributed by atoms with van der Waals surface area (Å²) in [5.41, 5.74) is 0.373. The lowest BCUT2D eigenvalue weighted by atomic mass is 10.2. The number of anilines is 1. The van der Waals surface area contributed by atoms with Gasteiger partial charge in [-0.2, -0.15) is 5.10 Å². The van der Waals surface area contributed by atoms with Gasteiger partial charge in [0.1, 0.15) is 0 Å². The molecule has 2 rings (SSSR count). The third-order valence-electron chi connectivity index (χ3n) is 2.50. The molecule has 0 saturated carbocycles. The molecule has 1 amide bonds. The minimum absolute atomic E-state index is 0.182. The Hall–Kier alpha value is -2.15. The summed E-state index contributed by atoms with van der Waals surface area (Å²) in [4.78, 5) is 12.1. The van der Waals surface area contributed by atoms with E-state index in [9.17, 15) is 13.2 Å². The first-order valence-electron chi connectivity index (χ1n) is 5.47. The fourth-order valence-corrected chi connectivity index (χ4v) is 2.15. The number of hydrogen-bond acceptors (Lipinski definition) is 4. The molecule has 0 radical (unpaired) electrons. The molecule has 0 bridgehead atoms. The highest BCUT2D eigenvalue weighted by molar-refractivity contribution is 7.90. The second kappa shape index (κ2) is 4.85. The molecular formula is C12H13N3O3S. The number of carbonyl (C=O) groups excluding carboxylic acids is 1. The summed E-state index contributed by atoms with van der Waals surface area (Å²) in [6.07, 6.45) is 2.83. The number of hydrogen-bond donors (Lipinski definition) is 1. The van der Waals surface area contributed by atoms with E-state index in [0.29, 0.717) is 11.4 Å². The number of aryl methyl sites for hydroxylation is 1. The summed E-state index contributed by atoms with van der Waals surface area (Å²) in [6.45, 7) is 0. The van der Waals surface area contributed by atoms with Gasteiger partial charge in [-0.25, -0.2) is 8.42 Å². The summed E-state index contributed by atoms with van der Waals surface area (Å²) >= 11 is 0. The standard InChI is InChI=1S/C12H13N3O3S/c1-15-8-7-11(14-15)13-12(16)9-3-5-10(6-4-9)19(2,17)18/h3-8H,1-2H3,(H,13,14,16). The molecule has 7 heteroatoms. The van der Waals surface area contributed by atoms with Crippen molar-refractivity contribution in [3.8, 4) is 0 Å². The summed E-state index contributed by atoms with van der Waals surface area (Å²) in [5, 5.41) is 6.64. The first-order chi connectivity index (χ1) is 8.86. The zero-order valence-electron chi connectivity index (χ0n) is 10.5. The van der Waals surface area contributed by atoms with Gasteiger partial charge in [0.2, 0.25) is 0 Å². The van der Waals surface area contributed by atoms with E-state index in [1.807, 2.05) is 0 Å². The average molecular weight is 279 g/mol. The number of aromatic nitrogens is 2. The number of nitrogens with zero attached hydrogens (tertiary/aromatic N) is 2. The smallest absolute Gasteiger partial charge is 0.256 e. The zero-order valence-corrected chi connectivity index (χ0v) is 11.3. The summed E-state index contributed by atoms with van der Waals surface area (Å²) in [6, 6.07) is 7.41. The van der Waals surface area contributed by atoms with Crippen molar-refractivity contribution in [2.24, 2.45) is 7.05 Å². The first kappa shape index (κ1) is 13.3. The van der Waals surface area contributed by atoms with Crippen LogP contribution in [0.15, 0.2) is 41.4 Å². The Bertz CT molecular complexity index is 702. The van der Waals surface area contributed by atoms with Crippen LogP contribution in [0.3, 0.4) is 0 Å². The number of sulfone groups is 1. The molecule has 0 atom stereocenters. The van der Waals surface area contributed by atoms with Crippen LogP contribution in [0, 0.1) is 0 Å². The van der Waals surface area contributed by atoms with Crippen LogP contribution in [0.2, 0.25) is 0 Å². The maximum Gasteiger partial charge on any atom is 0.256 e. The van der Waals surface area contributed by atoms with Crippen LogP contribution < -0.4 is 5.32 Å². The Morgan fingerprint density at radius 2 is 1.84 bits per heavy atom. The zero-order chi connectivity index (χ0) is 14.0. The fourth-order valence-electron chi connectivity index (χ4n) is 1.52. The van der Waals surface area contributed by atoms with Crippen molar-refractivity contribution >= 4 is 21.6 Å². The molecule has 1 aromatic heterocycles. The second-order valence-corrected chi connectivity index (χ2v) is 6.14. The van der Waals surface area contributed by atoms with Crippen molar-refractivity contribution in [1.29, 1.82) is 0 Å². The molecule has 2 aromatic rings. The minimum atomic E-state index is -3.25. The number of rotatable bonds is 3. The van der Waals surface area contributed by atoms with Gasteiger partial charge in [-0.3, -0.25) is 9.48 Å². The fraction of sp³-hybridized carbons (Fsp3) is 0.167. The molecule has 6 nitrogen and oxygen atoms in total. The Labute approximate surface area is 111 Å². The van der Waals surface area contributed by atoms with Gasteiger partial charge in [0.05, 0.1) is 4.90 Å². The van der Waals surface area contributed by atoms with Crippen LogP contribution in [-0.4, -0.2) is 30.4 Å². The maximum atomic E-state index is 11.9. The van der Waals surface area contributed by atoms with E-state index >= 15 is 0 Å². The molecule has 1 N–H and O–H groups in total. The van der Waals surface area contributed by atoms with Crippen LogP contribution in [0.1, 0.15) is 10.4 Å². The van der Waals surface area contributed by atoms with Gasteiger partial charge in [0.15, 0.2) is 15.7 Å². The van der Waals surface area contributed by atoms with E-state index in [1.165, 1.54) is 24.3 Å². The number of benzene rings is 1. The topological polar surface area (TPSA) is 81.1 Å². The van der Waals surface area contributed by atoms with Gasteiger partial charge in [-0.1, -0.05) is 0 Å². The van der Waals surface area contributed by atoms with Crippen molar-refractivity contribution < 1.29 is 13.2 Å². The summed E-state index contributed by atoms with van der Waals surface area (Å²) in [7, 11) is -1.50. The Morgan fingerprint density at radius 1 is 1.21 bits per heavy atom. The maximum absolute atomic E-state index is 11.9. The highest BCUT2D eigenvalue weighted by Gasteiger charge is 2.10. The van der Waals surface area contributed by atoms with Crippen LogP contribution in [0.25, 0.3) is 0 Å². The van der Waals surface area contributed by atoms with Gasteiger partial charge in [0, 0.05) is 31.1 Å². The largest absolute Gasteiger partial charge is 0.305 e. The molecule has 0 aliphatic rings. The predicted octanol–water partition coefficient (Wildman–Crippen LogP) is 1.08. The third kappa shape index (κ3) is 3.19. The summed E-state index contributed by atoms with van der Waals surface area (Å²) in [5.74, 6) is 0.110. The van der Waals surface area contributed by atoms with Crippen molar-refractivity contribution in [1.82, 2.24) is 9.78 Å². The Balaban J connectivity index is 2.16. The van der Waals surface area contributed by atoms with Gasteiger partial charge < -0.3 is 5.32 Å². The van der Waals surface area contributed by atoms with Crippen LogP contribution in [0.4, 0.5) is 5.82 Å². The molecule has 0 spiro atoms. The van der Waals surface area contributed by atoms with E-state index in [0.717, 1.165) is 6.26 Å². The third-order valence-corrected chi connectivity index (χ3v) is 3.63. The molecule has 1 heterocycles. The Kier molecular flexibility index (Phi) is 3.39. The number of amides is 1. The van der Waals surface area contributed by atoms with Crippen molar-refractivity contribution in [2.45, 2.75) is 4.90 Å². The van der Waals surface area contributed by atoms with Crippen LogP contribution in [0.5, 0.6) is 0 Å². The molecule has 19 heavy (non-hydrogen) atoms. The van der Waals surface area contributed by atoms with E-state index in [-0.39, 0.29) is 10.8 Å². The van der Waals surface area contributed by atoms with Crippen LogP contribution >= 0.6 is 0 Å². The minimum Gasteiger partial charge on any atom is -0.305 e. The van der Waals surface area contributed by atoms with Gasteiger partial charge in [-0.15, -0.1) is 0 Å². The van der Waals surface area contributed by atoms with Crippen molar-refractivity contribution in [3.63, 3.8) is 0 Å². The van der Waals surface area contributed by atoms with E-state index in [2.05, 4.69) is 10.4 Å². The normalized spacial score (nSPS) is 11.3. The lowest BCUT2D eigenvalue weighted by Crippen LogP contribution is -2.12. The molecular weight excluding hydrogens is 266 g/mol. The molecule has 0 aliphatic carbocycles. The predicted molar refractivity (Wildman–Crippen MR) is 70.7 cm³/mol. The van der Waals surface area contributed by atoms with Gasteiger partial charge in [0.25, 0.3) is 5.91 Å². The Morgan fingerprint density at radius 3 is 2.32 bits per heavy atom. The second-order valence-electron chi connectivity index (χ2n) is 4.13. The van der Waals surface area contributed by atoms with E-state index in [1.54, 1.807) is 24.0 Å². The lowest BCUT2D eigenvalue weighted by Gasteiger charge is -2.03. The average Bonchev–Trinajstić information content (AvgIpc) is 2.74. The van der Waals surface area contributed by atoms with Crippen molar-refractivity contribution in [3.05, 3.63) is 42.1 Å². The molecule has 0 saturated heterocycles. The highest BCUT2D eigenvalue weighted by atomic mass is 32.2. The van der Waals surface area contributed by atoms with E-state index in [4.69, 9.17) is 0 Å². The lowest BCUT2D eigenvalue weighted by molar-refractivity contribution is 0.102. The molecule has 0 aliphatic heterocycles. The number of nitrogens with one attached hydrogen (secondary N) is 1. The molecule has 100 valence electrons.